The number of rotatable bonds is 10. The van der Waals surface area contributed by atoms with Crippen LogP contribution in [0.25, 0.3) is 16.9 Å². The van der Waals surface area contributed by atoms with Gasteiger partial charge in [0.15, 0.2) is 0 Å². The third-order valence-electron chi connectivity index (χ3n) is 5.03. The van der Waals surface area contributed by atoms with Crippen molar-refractivity contribution >= 4 is 17.8 Å². The van der Waals surface area contributed by atoms with E-state index in [-0.39, 0.29) is 18.4 Å². The molecule has 0 spiro atoms. The van der Waals surface area contributed by atoms with E-state index < -0.39 is 0 Å². The van der Waals surface area contributed by atoms with E-state index >= 15 is 0 Å². The number of hydrogen-bond donors (Lipinski definition) is 1. The molecule has 0 radical (unpaired) electrons. The maximum absolute atomic E-state index is 12.8. The number of ether oxygens (including phenoxy) is 2. The first-order valence-electron chi connectivity index (χ1n) is 10.6. The Morgan fingerprint density at radius 3 is 2.21 bits per heavy atom. The fourth-order valence-corrected chi connectivity index (χ4v) is 3.28. The van der Waals surface area contributed by atoms with Gasteiger partial charge in [0.05, 0.1) is 19.9 Å². The number of carbonyl (C=O) groups is 2. The quantitative estimate of drug-likeness (QED) is 0.475. The summed E-state index contributed by atoms with van der Waals surface area (Å²) >= 11 is 0. The highest BCUT2D eigenvalue weighted by Gasteiger charge is 2.18. The summed E-state index contributed by atoms with van der Waals surface area (Å²) in [4.78, 5) is 31.0. The van der Waals surface area contributed by atoms with E-state index in [1.807, 2.05) is 54.7 Å². The lowest BCUT2D eigenvalue weighted by atomic mass is 10.1. The third-order valence-corrected chi connectivity index (χ3v) is 5.03. The summed E-state index contributed by atoms with van der Waals surface area (Å²) in [6, 6.07) is 14.9. The monoisotopic (exact) mass is 448 g/mol. The van der Waals surface area contributed by atoms with Crippen molar-refractivity contribution in [1.29, 1.82) is 0 Å². The summed E-state index contributed by atoms with van der Waals surface area (Å²) < 4.78 is 12.3. The van der Waals surface area contributed by atoms with Crippen LogP contribution in [-0.4, -0.2) is 53.6 Å². The number of methoxy groups -OCH3 is 2. The Morgan fingerprint density at radius 2 is 1.67 bits per heavy atom. The maximum atomic E-state index is 12.8. The molecule has 2 amide bonds. The minimum atomic E-state index is -0.347. The Bertz CT molecular complexity index is 1100. The molecule has 0 fully saturated rings. The van der Waals surface area contributed by atoms with Crippen LogP contribution in [0.4, 0.5) is 5.95 Å². The Kier molecular flexibility index (Phi) is 7.86. The van der Waals surface area contributed by atoms with Crippen LogP contribution in [-0.2, 0) is 9.59 Å². The Balaban J connectivity index is 1.93. The Morgan fingerprint density at radius 1 is 1.06 bits per heavy atom. The smallest absolute Gasteiger partial charge is 0.246 e. The van der Waals surface area contributed by atoms with Gasteiger partial charge >= 0.3 is 0 Å². The van der Waals surface area contributed by atoms with E-state index in [2.05, 4.69) is 16.9 Å². The van der Waals surface area contributed by atoms with Crippen LogP contribution in [0.15, 0.2) is 67.4 Å². The molecule has 8 heteroatoms. The number of carbonyl (C=O) groups excluding carboxylic acids is 2. The predicted molar refractivity (Wildman–Crippen MR) is 128 cm³/mol. The van der Waals surface area contributed by atoms with Gasteiger partial charge in [-0.3, -0.25) is 19.5 Å². The van der Waals surface area contributed by atoms with Crippen molar-refractivity contribution in [3.63, 3.8) is 0 Å². The summed E-state index contributed by atoms with van der Waals surface area (Å²) in [7, 11) is 3.21. The van der Waals surface area contributed by atoms with Gasteiger partial charge in [0.2, 0.25) is 17.8 Å². The molecular formula is C25H28N4O4. The van der Waals surface area contributed by atoms with Gasteiger partial charge in [-0.2, -0.15) is 0 Å². The molecule has 0 saturated heterocycles. The van der Waals surface area contributed by atoms with Gasteiger partial charge in [0.1, 0.15) is 18.0 Å². The second-order valence-electron chi connectivity index (χ2n) is 7.21. The molecule has 0 unspecified atom stereocenters. The molecule has 172 valence electrons. The van der Waals surface area contributed by atoms with Gasteiger partial charge < -0.3 is 14.4 Å². The molecular weight excluding hydrogens is 420 g/mol. The molecule has 0 bridgehead atoms. The summed E-state index contributed by atoms with van der Waals surface area (Å²) in [6.45, 7) is 5.63. The van der Waals surface area contributed by atoms with E-state index in [1.54, 1.807) is 31.8 Å². The number of anilines is 1. The summed E-state index contributed by atoms with van der Waals surface area (Å²) in [5, 5.41) is 2.85. The molecule has 1 N–H and O–H groups in total. The van der Waals surface area contributed by atoms with E-state index in [9.17, 15) is 9.59 Å². The van der Waals surface area contributed by atoms with Crippen molar-refractivity contribution in [3.8, 4) is 28.4 Å². The molecule has 33 heavy (non-hydrogen) atoms. The van der Waals surface area contributed by atoms with Crippen LogP contribution in [0.3, 0.4) is 0 Å². The van der Waals surface area contributed by atoms with Crippen LogP contribution < -0.4 is 14.8 Å². The SMILES string of the molecule is C=CCN(CC(=O)Nc1nc(-c2ccc(OC)cc2)cn1-c1ccc(OC)cc1)C(=O)CC. The number of hydrogen-bond acceptors (Lipinski definition) is 5. The average molecular weight is 449 g/mol. The lowest BCUT2D eigenvalue weighted by Crippen LogP contribution is -2.38. The standard InChI is InChI=1S/C25H28N4O4/c1-5-15-28(24(31)6-2)17-23(30)27-25-26-22(18-7-11-20(32-3)12-8-18)16-29(25)19-9-13-21(33-4)14-10-19/h5,7-14,16H,1,6,15,17H2,2-4H3,(H,26,27,30). The number of imidazole rings is 1. The highest BCUT2D eigenvalue weighted by atomic mass is 16.5. The van der Waals surface area contributed by atoms with E-state index in [0.717, 1.165) is 22.7 Å². The van der Waals surface area contributed by atoms with Crippen LogP contribution in [0.2, 0.25) is 0 Å². The zero-order valence-corrected chi connectivity index (χ0v) is 19.1. The predicted octanol–water partition coefficient (Wildman–Crippen LogP) is 3.92. The van der Waals surface area contributed by atoms with Crippen molar-refractivity contribution in [2.45, 2.75) is 13.3 Å². The second kappa shape index (κ2) is 11.0. The number of benzene rings is 2. The summed E-state index contributed by atoms with van der Waals surface area (Å²) in [5.41, 5.74) is 2.34. The molecule has 3 aromatic rings. The van der Waals surface area contributed by atoms with Gasteiger partial charge in [-0.05, 0) is 48.5 Å². The molecule has 0 saturated carbocycles. The summed E-state index contributed by atoms with van der Waals surface area (Å²) in [5.74, 6) is 1.34. The van der Waals surface area contributed by atoms with Crippen LogP contribution in [0.1, 0.15) is 13.3 Å². The zero-order valence-electron chi connectivity index (χ0n) is 19.1. The topological polar surface area (TPSA) is 85.7 Å². The van der Waals surface area contributed by atoms with Crippen molar-refractivity contribution in [1.82, 2.24) is 14.5 Å². The summed E-state index contributed by atoms with van der Waals surface area (Å²) in [6.07, 6.45) is 3.75. The lowest BCUT2D eigenvalue weighted by Gasteiger charge is -2.20. The first kappa shape index (κ1) is 23.6. The molecule has 0 atom stereocenters. The highest BCUT2D eigenvalue weighted by Crippen LogP contribution is 2.27. The minimum absolute atomic E-state index is 0.0912. The first-order chi connectivity index (χ1) is 16.0. The molecule has 0 aliphatic heterocycles. The largest absolute Gasteiger partial charge is 0.497 e. The highest BCUT2D eigenvalue weighted by molar-refractivity contribution is 5.94. The molecule has 1 aromatic heterocycles. The zero-order chi connectivity index (χ0) is 23.8. The van der Waals surface area contributed by atoms with E-state index in [1.165, 1.54) is 4.90 Å². The molecule has 3 rings (SSSR count). The molecule has 8 nitrogen and oxygen atoms in total. The fourth-order valence-electron chi connectivity index (χ4n) is 3.28. The first-order valence-corrected chi connectivity index (χ1v) is 10.6. The van der Waals surface area contributed by atoms with Crippen molar-refractivity contribution < 1.29 is 19.1 Å². The normalized spacial score (nSPS) is 10.4. The van der Waals surface area contributed by atoms with Crippen LogP contribution in [0.5, 0.6) is 11.5 Å². The number of aromatic nitrogens is 2. The fraction of sp³-hybridized carbons (Fsp3) is 0.240. The van der Waals surface area contributed by atoms with Crippen molar-refractivity contribution in [3.05, 3.63) is 67.4 Å². The van der Waals surface area contributed by atoms with Crippen molar-refractivity contribution in [2.75, 3.05) is 32.6 Å². The van der Waals surface area contributed by atoms with Gasteiger partial charge in [0, 0.05) is 30.4 Å². The molecule has 2 aromatic carbocycles. The van der Waals surface area contributed by atoms with Crippen LogP contribution in [0, 0.1) is 0 Å². The second-order valence-corrected chi connectivity index (χ2v) is 7.21. The van der Waals surface area contributed by atoms with Crippen molar-refractivity contribution in [2.24, 2.45) is 0 Å². The van der Waals surface area contributed by atoms with E-state index in [0.29, 0.717) is 24.6 Å². The molecule has 0 aliphatic rings. The van der Waals surface area contributed by atoms with E-state index in [4.69, 9.17) is 9.47 Å². The number of nitrogens with zero attached hydrogens (tertiary/aromatic N) is 3. The van der Waals surface area contributed by atoms with Gasteiger partial charge in [-0.25, -0.2) is 4.98 Å². The number of nitrogens with one attached hydrogen (secondary N) is 1. The van der Waals surface area contributed by atoms with Gasteiger partial charge in [-0.1, -0.05) is 13.0 Å². The van der Waals surface area contributed by atoms with Gasteiger partial charge in [0.25, 0.3) is 0 Å². The average Bonchev–Trinajstić information content (AvgIpc) is 3.26. The van der Waals surface area contributed by atoms with Gasteiger partial charge in [-0.15, -0.1) is 6.58 Å². The lowest BCUT2D eigenvalue weighted by molar-refractivity contribution is -0.133. The third kappa shape index (κ3) is 5.79. The van der Waals surface area contributed by atoms with Crippen LogP contribution >= 0.6 is 0 Å². The minimum Gasteiger partial charge on any atom is -0.497 e. The maximum Gasteiger partial charge on any atom is 0.246 e. The Labute approximate surface area is 193 Å². The molecule has 0 aliphatic carbocycles. The Hall–Kier alpha value is -4.07. The molecule has 1 heterocycles. The number of amides is 2.